The molecule has 1 unspecified atom stereocenters. The van der Waals surface area contributed by atoms with E-state index in [1.807, 2.05) is 31.2 Å². The molecule has 3 rings (SSSR count). The monoisotopic (exact) mass is 381 g/mol. The van der Waals surface area contributed by atoms with Crippen LogP contribution in [-0.4, -0.2) is 29.8 Å². The first-order valence-corrected chi connectivity index (χ1v) is 9.04. The number of ether oxygens (including phenoxy) is 2. The number of carboxylic acid groups (broad SMARTS) is 1. The number of carbonyl (C=O) groups is 1. The van der Waals surface area contributed by atoms with Gasteiger partial charge in [0.05, 0.1) is 25.3 Å². The molecule has 0 saturated heterocycles. The smallest absolute Gasteiger partial charge is 0.310 e. The van der Waals surface area contributed by atoms with Crippen molar-refractivity contribution in [1.29, 1.82) is 0 Å². The topological polar surface area (TPSA) is 81.8 Å². The Bertz CT molecular complexity index is 929. The molecule has 0 aliphatic heterocycles. The van der Waals surface area contributed by atoms with Crippen molar-refractivity contribution in [2.75, 3.05) is 13.7 Å². The highest BCUT2D eigenvalue weighted by molar-refractivity contribution is 5.75. The zero-order valence-electron chi connectivity index (χ0n) is 16.1. The van der Waals surface area contributed by atoms with E-state index >= 15 is 0 Å². The Labute approximate surface area is 163 Å². The molecular weight excluding hydrogens is 358 g/mol. The normalized spacial score (nSPS) is 11.8. The molecule has 0 spiro atoms. The Balaban J connectivity index is 1.59. The van der Waals surface area contributed by atoms with Crippen LogP contribution < -0.4 is 9.47 Å². The third-order valence-corrected chi connectivity index (χ3v) is 4.59. The minimum atomic E-state index is -0.845. The number of aromatic nitrogens is 1. The lowest BCUT2D eigenvalue weighted by Gasteiger charge is -2.09. The Kier molecular flexibility index (Phi) is 5.99. The van der Waals surface area contributed by atoms with Gasteiger partial charge in [0, 0.05) is 12.0 Å². The standard InChI is InChI=1S/C22H23NO5/c1-14(22(24)25)16-4-10-19(11-5-16)27-13-12-20-15(2)28-21(23-20)17-6-8-18(26-3)9-7-17/h4-11,14H,12-13H2,1-3H3,(H,24,25). The van der Waals surface area contributed by atoms with E-state index in [1.165, 1.54) is 0 Å². The first-order chi connectivity index (χ1) is 13.5. The zero-order valence-corrected chi connectivity index (χ0v) is 16.1. The second-order valence-electron chi connectivity index (χ2n) is 6.48. The van der Waals surface area contributed by atoms with Gasteiger partial charge in [-0.05, 0) is 55.8 Å². The highest BCUT2D eigenvalue weighted by Crippen LogP contribution is 2.24. The van der Waals surface area contributed by atoms with Crippen LogP contribution in [0.5, 0.6) is 11.5 Å². The minimum absolute atomic E-state index is 0.448. The molecule has 146 valence electrons. The van der Waals surface area contributed by atoms with E-state index in [4.69, 9.17) is 19.0 Å². The molecule has 0 fully saturated rings. The average Bonchev–Trinajstić information content (AvgIpc) is 3.08. The minimum Gasteiger partial charge on any atom is -0.497 e. The van der Waals surface area contributed by atoms with E-state index in [1.54, 1.807) is 38.3 Å². The fourth-order valence-corrected chi connectivity index (χ4v) is 2.78. The second-order valence-corrected chi connectivity index (χ2v) is 6.48. The molecule has 0 aliphatic carbocycles. The van der Waals surface area contributed by atoms with Crippen LogP contribution in [0.1, 0.15) is 29.9 Å². The van der Waals surface area contributed by atoms with Gasteiger partial charge in [0.1, 0.15) is 17.3 Å². The maximum atomic E-state index is 11.0. The van der Waals surface area contributed by atoms with Gasteiger partial charge in [-0.25, -0.2) is 4.98 Å². The number of methoxy groups -OCH3 is 1. The van der Waals surface area contributed by atoms with E-state index in [9.17, 15) is 4.79 Å². The summed E-state index contributed by atoms with van der Waals surface area (Å²) >= 11 is 0. The van der Waals surface area contributed by atoms with Crippen molar-refractivity contribution in [3.63, 3.8) is 0 Å². The van der Waals surface area contributed by atoms with Gasteiger partial charge in [0.2, 0.25) is 5.89 Å². The predicted molar refractivity (Wildman–Crippen MR) is 105 cm³/mol. The highest BCUT2D eigenvalue weighted by Gasteiger charge is 2.14. The first-order valence-electron chi connectivity index (χ1n) is 9.04. The quantitative estimate of drug-likeness (QED) is 0.620. The zero-order chi connectivity index (χ0) is 20.1. The summed E-state index contributed by atoms with van der Waals surface area (Å²) in [6.45, 7) is 3.99. The van der Waals surface area contributed by atoms with Crippen molar-refractivity contribution in [3.05, 3.63) is 65.5 Å². The fraction of sp³-hybridized carbons (Fsp3) is 0.273. The van der Waals surface area contributed by atoms with Crippen LogP contribution in [0.2, 0.25) is 0 Å². The summed E-state index contributed by atoms with van der Waals surface area (Å²) in [5.74, 6) is 1.43. The van der Waals surface area contributed by atoms with Crippen LogP contribution in [0.15, 0.2) is 52.9 Å². The molecule has 1 aromatic heterocycles. The third kappa shape index (κ3) is 4.52. The fourth-order valence-electron chi connectivity index (χ4n) is 2.78. The first kappa shape index (κ1) is 19.5. The molecule has 0 bridgehead atoms. The molecule has 0 aliphatic rings. The molecule has 1 heterocycles. The third-order valence-electron chi connectivity index (χ3n) is 4.59. The molecule has 1 atom stereocenters. The van der Waals surface area contributed by atoms with Crippen molar-refractivity contribution >= 4 is 5.97 Å². The average molecular weight is 381 g/mol. The summed E-state index contributed by atoms with van der Waals surface area (Å²) in [4.78, 5) is 15.6. The number of oxazole rings is 1. The van der Waals surface area contributed by atoms with Gasteiger partial charge < -0.3 is 19.0 Å². The van der Waals surface area contributed by atoms with Crippen molar-refractivity contribution < 1.29 is 23.8 Å². The summed E-state index contributed by atoms with van der Waals surface area (Å²) < 4.78 is 16.7. The molecule has 6 heteroatoms. The lowest BCUT2D eigenvalue weighted by molar-refractivity contribution is -0.138. The van der Waals surface area contributed by atoms with Crippen LogP contribution in [-0.2, 0) is 11.2 Å². The van der Waals surface area contributed by atoms with E-state index in [2.05, 4.69) is 4.98 Å². The maximum absolute atomic E-state index is 11.0. The largest absolute Gasteiger partial charge is 0.497 e. The molecule has 3 aromatic rings. The summed E-state index contributed by atoms with van der Waals surface area (Å²) in [7, 11) is 1.63. The Morgan fingerprint density at radius 2 is 1.75 bits per heavy atom. The van der Waals surface area contributed by atoms with Crippen molar-refractivity contribution in [2.45, 2.75) is 26.2 Å². The van der Waals surface area contributed by atoms with Gasteiger partial charge in [-0.15, -0.1) is 0 Å². The number of benzene rings is 2. The van der Waals surface area contributed by atoms with Gasteiger partial charge in [-0.1, -0.05) is 12.1 Å². The van der Waals surface area contributed by atoms with Crippen LogP contribution in [0.3, 0.4) is 0 Å². The molecule has 0 radical (unpaired) electrons. The number of aliphatic carboxylic acids is 1. The predicted octanol–water partition coefficient (Wildman–Crippen LogP) is 4.47. The molecular formula is C22H23NO5. The Morgan fingerprint density at radius 3 is 2.36 bits per heavy atom. The maximum Gasteiger partial charge on any atom is 0.310 e. The van der Waals surface area contributed by atoms with E-state index in [0.29, 0.717) is 24.7 Å². The van der Waals surface area contributed by atoms with E-state index < -0.39 is 11.9 Å². The number of nitrogens with zero attached hydrogens (tertiary/aromatic N) is 1. The molecule has 6 nitrogen and oxygen atoms in total. The second kappa shape index (κ2) is 8.61. The molecule has 0 amide bonds. The summed E-state index contributed by atoms with van der Waals surface area (Å²) in [5, 5.41) is 9.06. The number of carboxylic acids is 1. The summed E-state index contributed by atoms with van der Waals surface area (Å²) in [6.07, 6.45) is 0.610. The molecule has 0 saturated carbocycles. The van der Waals surface area contributed by atoms with Gasteiger partial charge in [0.25, 0.3) is 0 Å². The SMILES string of the molecule is COc1ccc(-c2nc(CCOc3ccc(C(C)C(=O)O)cc3)c(C)o2)cc1. The Hall–Kier alpha value is -3.28. The lowest BCUT2D eigenvalue weighted by Crippen LogP contribution is -2.07. The van der Waals surface area contributed by atoms with Crippen LogP contribution >= 0.6 is 0 Å². The van der Waals surface area contributed by atoms with Gasteiger partial charge in [-0.2, -0.15) is 0 Å². The molecule has 2 aromatic carbocycles. The number of aryl methyl sites for hydroxylation is 1. The summed E-state index contributed by atoms with van der Waals surface area (Å²) in [6, 6.07) is 14.7. The van der Waals surface area contributed by atoms with Crippen LogP contribution in [0, 0.1) is 6.92 Å². The molecule has 1 N–H and O–H groups in total. The number of rotatable bonds is 8. The van der Waals surface area contributed by atoms with Gasteiger partial charge in [0.15, 0.2) is 0 Å². The summed E-state index contributed by atoms with van der Waals surface area (Å²) in [5.41, 5.74) is 2.48. The van der Waals surface area contributed by atoms with Crippen LogP contribution in [0.25, 0.3) is 11.5 Å². The Morgan fingerprint density at radius 1 is 1.11 bits per heavy atom. The van der Waals surface area contributed by atoms with Gasteiger partial charge >= 0.3 is 5.97 Å². The number of hydrogen-bond donors (Lipinski definition) is 1. The highest BCUT2D eigenvalue weighted by atomic mass is 16.5. The molecule has 28 heavy (non-hydrogen) atoms. The van der Waals surface area contributed by atoms with E-state index in [0.717, 1.165) is 28.3 Å². The van der Waals surface area contributed by atoms with Crippen molar-refractivity contribution in [1.82, 2.24) is 4.98 Å². The van der Waals surface area contributed by atoms with Crippen LogP contribution in [0.4, 0.5) is 0 Å². The number of hydrogen-bond acceptors (Lipinski definition) is 5. The lowest BCUT2D eigenvalue weighted by atomic mass is 10.0. The van der Waals surface area contributed by atoms with Gasteiger partial charge in [-0.3, -0.25) is 4.79 Å². The van der Waals surface area contributed by atoms with E-state index in [-0.39, 0.29) is 0 Å². The van der Waals surface area contributed by atoms with Crippen molar-refractivity contribution in [2.24, 2.45) is 0 Å². The van der Waals surface area contributed by atoms with Crippen molar-refractivity contribution in [3.8, 4) is 23.0 Å².